The maximum Gasteiger partial charge on any atom is 0.233 e. The predicted octanol–water partition coefficient (Wildman–Crippen LogP) is 2.86. The highest BCUT2D eigenvalue weighted by Crippen LogP contribution is 2.20. The van der Waals surface area contributed by atoms with Crippen LogP contribution in [0.5, 0.6) is 0 Å². The number of amides is 1. The van der Waals surface area contributed by atoms with Gasteiger partial charge in [0.25, 0.3) is 0 Å². The first-order valence-electron chi connectivity index (χ1n) is 8.94. The molecule has 1 amide bonds. The van der Waals surface area contributed by atoms with Crippen molar-refractivity contribution in [3.05, 3.63) is 59.8 Å². The van der Waals surface area contributed by atoms with E-state index in [1.807, 2.05) is 37.3 Å². The first-order chi connectivity index (χ1) is 12.7. The Morgan fingerprint density at radius 3 is 2.77 bits per heavy atom. The summed E-state index contributed by atoms with van der Waals surface area (Å²) in [6.45, 7) is 5.55. The predicted molar refractivity (Wildman–Crippen MR) is 106 cm³/mol. The molecule has 6 heteroatoms. The molecule has 1 aromatic carbocycles. The van der Waals surface area contributed by atoms with Gasteiger partial charge < -0.3 is 15.0 Å². The molecule has 138 valence electrons. The molecule has 0 radical (unpaired) electrons. The molecule has 1 N–H and O–H groups in total. The van der Waals surface area contributed by atoms with Crippen LogP contribution in [-0.2, 0) is 21.8 Å². The van der Waals surface area contributed by atoms with Gasteiger partial charge in [-0.1, -0.05) is 36.4 Å². The molecule has 0 spiro atoms. The lowest BCUT2D eigenvalue weighted by Crippen LogP contribution is -2.38. The average molecular weight is 372 g/mol. The topological polar surface area (TPSA) is 54.5 Å². The second-order valence-electron chi connectivity index (χ2n) is 6.24. The number of carbonyl (C=O) groups excluding carboxylic acids is 1. The van der Waals surface area contributed by atoms with Crippen LogP contribution in [0.2, 0.25) is 0 Å². The van der Waals surface area contributed by atoms with E-state index < -0.39 is 0 Å². The second kappa shape index (κ2) is 9.59. The van der Waals surface area contributed by atoms with Gasteiger partial charge in [0.1, 0.15) is 5.82 Å². The van der Waals surface area contributed by atoms with Gasteiger partial charge in [-0.3, -0.25) is 4.79 Å². The van der Waals surface area contributed by atoms with Crippen LogP contribution in [-0.4, -0.2) is 42.4 Å². The standard InChI is InChI=1S/C20H25N3O2S/c1-16(26-15-17-6-3-2-4-7-17)20(24)22-14-18-8-5-9-21-19(18)23-10-12-25-13-11-23/h2-9,16H,10-15H2,1H3,(H,22,24). The van der Waals surface area contributed by atoms with Crippen LogP contribution >= 0.6 is 11.8 Å². The summed E-state index contributed by atoms with van der Waals surface area (Å²) in [6, 6.07) is 14.2. The van der Waals surface area contributed by atoms with Gasteiger partial charge in [-0.2, -0.15) is 0 Å². The first kappa shape index (κ1) is 18.7. The van der Waals surface area contributed by atoms with Gasteiger partial charge in [-0.25, -0.2) is 4.98 Å². The number of benzene rings is 1. The number of ether oxygens (including phenoxy) is 1. The third-order valence-electron chi connectivity index (χ3n) is 4.34. The molecule has 1 fully saturated rings. The summed E-state index contributed by atoms with van der Waals surface area (Å²) in [7, 11) is 0. The molecular formula is C20H25N3O2S. The summed E-state index contributed by atoms with van der Waals surface area (Å²) in [6.07, 6.45) is 1.80. The van der Waals surface area contributed by atoms with Crippen molar-refractivity contribution in [2.24, 2.45) is 0 Å². The largest absolute Gasteiger partial charge is 0.378 e. The van der Waals surface area contributed by atoms with Crippen molar-refractivity contribution in [1.82, 2.24) is 10.3 Å². The number of hydrogen-bond acceptors (Lipinski definition) is 5. The third kappa shape index (κ3) is 5.22. The van der Waals surface area contributed by atoms with Gasteiger partial charge >= 0.3 is 0 Å². The molecule has 1 aliphatic rings. The van der Waals surface area contributed by atoms with Gasteiger partial charge in [0.15, 0.2) is 0 Å². The normalized spacial score (nSPS) is 15.5. The van der Waals surface area contributed by atoms with Gasteiger partial charge in [0, 0.05) is 37.1 Å². The van der Waals surface area contributed by atoms with E-state index >= 15 is 0 Å². The van der Waals surface area contributed by atoms with Crippen molar-refractivity contribution in [3.8, 4) is 0 Å². The third-order valence-corrected chi connectivity index (χ3v) is 5.56. The molecule has 1 unspecified atom stereocenters. The minimum atomic E-state index is -0.0984. The van der Waals surface area contributed by atoms with Crippen LogP contribution in [0.25, 0.3) is 0 Å². The van der Waals surface area contributed by atoms with E-state index in [1.54, 1.807) is 18.0 Å². The fourth-order valence-corrected chi connectivity index (χ4v) is 3.69. The van der Waals surface area contributed by atoms with Crippen molar-refractivity contribution in [3.63, 3.8) is 0 Å². The molecule has 1 atom stereocenters. The Morgan fingerprint density at radius 2 is 2.00 bits per heavy atom. The Labute approximate surface area is 159 Å². The summed E-state index contributed by atoms with van der Waals surface area (Å²) in [5.41, 5.74) is 2.28. The van der Waals surface area contributed by atoms with Crippen molar-refractivity contribution in [2.75, 3.05) is 31.2 Å². The minimum Gasteiger partial charge on any atom is -0.378 e. The summed E-state index contributed by atoms with van der Waals surface area (Å²) in [5.74, 6) is 1.84. The molecule has 2 aromatic rings. The highest BCUT2D eigenvalue weighted by molar-refractivity contribution is 7.99. The molecule has 0 aliphatic carbocycles. The average Bonchev–Trinajstić information content (AvgIpc) is 2.72. The summed E-state index contributed by atoms with van der Waals surface area (Å²) < 4.78 is 5.41. The summed E-state index contributed by atoms with van der Waals surface area (Å²) >= 11 is 1.65. The lowest BCUT2D eigenvalue weighted by molar-refractivity contribution is -0.120. The van der Waals surface area contributed by atoms with Gasteiger partial charge in [-0.15, -0.1) is 11.8 Å². The quantitative estimate of drug-likeness (QED) is 0.811. The number of morpholine rings is 1. The molecule has 0 saturated carbocycles. The van der Waals surface area contributed by atoms with Crippen LogP contribution < -0.4 is 10.2 Å². The molecule has 2 heterocycles. The SMILES string of the molecule is CC(SCc1ccccc1)C(=O)NCc1cccnc1N1CCOCC1. The van der Waals surface area contributed by atoms with Crippen molar-refractivity contribution in [2.45, 2.75) is 24.5 Å². The highest BCUT2D eigenvalue weighted by Gasteiger charge is 2.18. The monoisotopic (exact) mass is 371 g/mol. The maximum absolute atomic E-state index is 12.4. The highest BCUT2D eigenvalue weighted by atomic mass is 32.2. The van der Waals surface area contributed by atoms with E-state index in [0.29, 0.717) is 6.54 Å². The first-order valence-corrected chi connectivity index (χ1v) is 9.99. The fourth-order valence-electron chi connectivity index (χ4n) is 2.83. The zero-order chi connectivity index (χ0) is 18.2. The number of aromatic nitrogens is 1. The number of nitrogens with zero attached hydrogens (tertiary/aromatic N) is 2. The summed E-state index contributed by atoms with van der Waals surface area (Å²) in [5, 5.41) is 2.96. The van der Waals surface area contributed by atoms with Gasteiger partial charge in [-0.05, 0) is 18.6 Å². The lowest BCUT2D eigenvalue weighted by Gasteiger charge is -2.29. The van der Waals surface area contributed by atoms with Crippen LogP contribution in [0.3, 0.4) is 0 Å². The van der Waals surface area contributed by atoms with Crippen LogP contribution in [0.4, 0.5) is 5.82 Å². The molecule has 0 bridgehead atoms. The molecule has 3 rings (SSSR count). The number of anilines is 1. The molecule has 26 heavy (non-hydrogen) atoms. The van der Waals surface area contributed by atoms with Crippen molar-refractivity contribution in [1.29, 1.82) is 0 Å². The summed E-state index contributed by atoms with van der Waals surface area (Å²) in [4.78, 5) is 19.2. The van der Waals surface area contributed by atoms with E-state index in [1.165, 1.54) is 5.56 Å². The Kier molecular flexibility index (Phi) is 6.91. The molecule has 1 aliphatic heterocycles. The maximum atomic E-state index is 12.4. The second-order valence-corrected chi connectivity index (χ2v) is 7.57. The van der Waals surface area contributed by atoms with Crippen molar-refractivity contribution >= 4 is 23.5 Å². The number of nitrogens with one attached hydrogen (secondary N) is 1. The Bertz CT molecular complexity index is 705. The van der Waals surface area contributed by atoms with Gasteiger partial charge in [0.05, 0.1) is 18.5 Å². The number of pyridine rings is 1. The van der Waals surface area contributed by atoms with E-state index in [9.17, 15) is 4.79 Å². The fraction of sp³-hybridized carbons (Fsp3) is 0.400. The Hall–Kier alpha value is -2.05. The zero-order valence-electron chi connectivity index (χ0n) is 15.1. The van der Waals surface area contributed by atoms with Crippen LogP contribution in [0.15, 0.2) is 48.7 Å². The molecular weight excluding hydrogens is 346 g/mol. The van der Waals surface area contributed by atoms with E-state index in [-0.39, 0.29) is 11.2 Å². The van der Waals surface area contributed by atoms with Crippen LogP contribution in [0, 0.1) is 0 Å². The van der Waals surface area contributed by atoms with E-state index in [0.717, 1.165) is 43.4 Å². The Balaban J connectivity index is 1.52. The van der Waals surface area contributed by atoms with E-state index in [2.05, 4.69) is 27.3 Å². The number of carbonyl (C=O) groups is 1. The lowest BCUT2D eigenvalue weighted by atomic mass is 10.2. The van der Waals surface area contributed by atoms with Crippen molar-refractivity contribution < 1.29 is 9.53 Å². The number of thioether (sulfide) groups is 1. The number of rotatable bonds is 7. The number of hydrogen-bond donors (Lipinski definition) is 1. The smallest absolute Gasteiger partial charge is 0.233 e. The zero-order valence-corrected chi connectivity index (χ0v) is 15.9. The molecule has 1 saturated heterocycles. The minimum absolute atomic E-state index is 0.0581. The van der Waals surface area contributed by atoms with E-state index in [4.69, 9.17) is 4.74 Å². The Morgan fingerprint density at radius 1 is 1.23 bits per heavy atom. The van der Waals surface area contributed by atoms with Crippen LogP contribution in [0.1, 0.15) is 18.1 Å². The molecule has 5 nitrogen and oxygen atoms in total. The molecule has 1 aromatic heterocycles. The van der Waals surface area contributed by atoms with Gasteiger partial charge in [0.2, 0.25) is 5.91 Å².